The summed E-state index contributed by atoms with van der Waals surface area (Å²) in [6.07, 6.45) is 0. The van der Waals surface area contributed by atoms with Gasteiger partial charge in [-0.1, -0.05) is 146 Å². The summed E-state index contributed by atoms with van der Waals surface area (Å²) in [5.41, 5.74) is 16.3. The summed E-state index contributed by atoms with van der Waals surface area (Å²) in [4.78, 5) is 4.66. The van der Waals surface area contributed by atoms with Crippen molar-refractivity contribution in [3.8, 4) is 27.9 Å². The molecule has 302 valence electrons. The van der Waals surface area contributed by atoms with Crippen molar-refractivity contribution in [2.24, 2.45) is 0 Å². The topological polar surface area (TPSA) is 24.6 Å². The highest BCUT2D eigenvalue weighted by atomic mass is 16.3. The molecular weight excluding hydrogens is 779 g/mol. The fourth-order valence-corrected chi connectivity index (χ4v) is 9.37. The second kappa shape index (κ2) is 15.7. The van der Waals surface area contributed by atoms with Crippen LogP contribution in [0.3, 0.4) is 0 Å². The van der Waals surface area contributed by atoms with E-state index in [1.807, 2.05) is 12.1 Å². The molecular formula is C60H41N3O. The van der Waals surface area contributed by atoms with E-state index in [-0.39, 0.29) is 0 Å². The number of aromatic nitrogens is 1. The van der Waals surface area contributed by atoms with Crippen LogP contribution in [0.5, 0.6) is 0 Å². The lowest BCUT2D eigenvalue weighted by atomic mass is 10.0. The molecule has 0 N–H and O–H groups in total. The fraction of sp³-hybridized carbons (Fsp3) is 0. The van der Waals surface area contributed by atoms with E-state index in [2.05, 4.69) is 251 Å². The van der Waals surface area contributed by atoms with E-state index in [1.165, 1.54) is 21.8 Å². The van der Waals surface area contributed by atoms with E-state index in [0.29, 0.717) is 0 Å². The SMILES string of the molecule is c1ccc(N(c2ccccc2)c2ccc(-c3ccc(N(c4ccc(-c5cccc6c5oc5ccccc56)cc4)c4ccc5c(c4)c4ccccc4n5-c4ccccc4)cc3)cc2)cc1. The summed E-state index contributed by atoms with van der Waals surface area (Å²) in [7, 11) is 0. The first-order valence-electron chi connectivity index (χ1n) is 21.8. The number of rotatable bonds is 9. The number of fused-ring (bicyclic) bond motifs is 6. The van der Waals surface area contributed by atoms with Crippen molar-refractivity contribution in [1.82, 2.24) is 4.57 Å². The van der Waals surface area contributed by atoms with Gasteiger partial charge in [0.15, 0.2) is 0 Å². The first-order chi connectivity index (χ1) is 31.7. The van der Waals surface area contributed by atoms with E-state index in [0.717, 1.165) is 84.0 Å². The average molecular weight is 820 g/mol. The van der Waals surface area contributed by atoms with E-state index in [9.17, 15) is 0 Å². The minimum atomic E-state index is 0.900. The molecule has 0 saturated carbocycles. The Balaban J connectivity index is 0.946. The third kappa shape index (κ3) is 6.48. The summed E-state index contributed by atoms with van der Waals surface area (Å²) in [5.74, 6) is 0. The smallest absolute Gasteiger partial charge is 0.143 e. The number of nitrogens with zero attached hydrogens (tertiary/aromatic N) is 3. The summed E-state index contributed by atoms with van der Waals surface area (Å²) in [6, 6.07) is 88.7. The molecule has 10 aromatic carbocycles. The highest BCUT2D eigenvalue weighted by Gasteiger charge is 2.19. The molecule has 4 heteroatoms. The Hall–Kier alpha value is -8.60. The summed E-state index contributed by atoms with van der Waals surface area (Å²) >= 11 is 0. The third-order valence-electron chi connectivity index (χ3n) is 12.4. The third-order valence-corrected chi connectivity index (χ3v) is 12.4. The van der Waals surface area contributed by atoms with E-state index in [1.54, 1.807) is 0 Å². The van der Waals surface area contributed by atoms with Crippen LogP contribution in [0.25, 0.3) is 71.7 Å². The zero-order valence-corrected chi connectivity index (χ0v) is 34.9. The summed E-state index contributed by atoms with van der Waals surface area (Å²) in [5, 5.41) is 4.68. The van der Waals surface area contributed by atoms with Crippen molar-refractivity contribution < 1.29 is 4.42 Å². The number of furan rings is 1. The molecule has 0 aliphatic rings. The molecule has 12 rings (SSSR count). The largest absolute Gasteiger partial charge is 0.455 e. The normalized spacial score (nSPS) is 11.4. The lowest BCUT2D eigenvalue weighted by Crippen LogP contribution is -2.10. The van der Waals surface area contributed by atoms with Crippen LogP contribution in [-0.4, -0.2) is 4.57 Å². The van der Waals surface area contributed by atoms with Gasteiger partial charge in [0.2, 0.25) is 0 Å². The molecule has 12 aromatic rings. The second-order valence-electron chi connectivity index (χ2n) is 16.2. The number of benzene rings is 10. The Morgan fingerprint density at radius 1 is 0.297 bits per heavy atom. The number of anilines is 6. The zero-order valence-electron chi connectivity index (χ0n) is 34.9. The van der Waals surface area contributed by atoms with Gasteiger partial charge in [-0.3, -0.25) is 0 Å². The molecule has 0 unspecified atom stereocenters. The van der Waals surface area contributed by atoms with Crippen molar-refractivity contribution >= 4 is 77.9 Å². The van der Waals surface area contributed by atoms with Crippen LogP contribution in [0, 0.1) is 0 Å². The van der Waals surface area contributed by atoms with Crippen LogP contribution >= 0.6 is 0 Å². The van der Waals surface area contributed by atoms with Gasteiger partial charge in [-0.25, -0.2) is 0 Å². The van der Waals surface area contributed by atoms with Crippen LogP contribution in [0.15, 0.2) is 253 Å². The predicted octanol–water partition coefficient (Wildman–Crippen LogP) is 17.0. The summed E-state index contributed by atoms with van der Waals surface area (Å²) < 4.78 is 8.82. The van der Waals surface area contributed by atoms with Crippen molar-refractivity contribution in [3.05, 3.63) is 249 Å². The van der Waals surface area contributed by atoms with Gasteiger partial charge < -0.3 is 18.8 Å². The van der Waals surface area contributed by atoms with Crippen LogP contribution in [0.2, 0.25) is 0 Å². The van der Waals surface area contributed by atoms with Crippen molar-refractivity contribution in [3.63, 3.8) is 0 Å². The van der Waals surface area contributed by atoms with Gasteiger partial charge in [-0.2, -0.15) is 0 Å². The average Bonchev–Trinajstić information content (AvgIpc) is 3.92. The molecule has 0 amide bonds. The highest BCUT2D eigenvalue weighted by molar-refractivity contribution is 6.11. The van der Waals surface area contributed by atoms with Gasteiger partial charge in [0.25, 0.3) is 0 Å². The van der Waals surface area contributed by atoms with E-state index in [4.69, 9.17) is 4.42 Å². The van der Waals surface area contributed by atoms with Crippen molar-refractivity contribution in [2.75, 3.05) is 9.80 Å². The van der Waals surface area contributed by atoms with Crippen LogP contribution in [-0.2, 0) is 0 Å². The van der Waals surface area contributed by atoms with Gasteiger partial charge in [0.1, 0.15) is 11.2 Å². The predicted molar refractivity (Wildman–Crippen MR) is 268 cm³/mol. The molecule has 0 aliphatic heterocycles. The van der Waals surface area contributed by atoms with Gasteiger partial charge in [0.05, 0.1) is 11.0 Å². The maximum Gasteiger partial charge on any atom is 0.143 e. The first-order valence-corrected chi connectivity index (χ1v) is 21.8. The number of hydrogen-bond acceptors (Lipinski definition) is 3. The summed E-state index contributed by atoms with van der Waals surface area (Å²) in [6.45, 7) is 0. The molecule has 0 spiro atoms. The standard InChI is InChI=1S/C60H41N3O/c1-4-15-45(16-5-1)61(46-17-6-2-7-18-46)48-33-27-42(28-34-48)43-29-35-49(36-30-43)62(50-37-31-44(32-38-50)52-23-14-24-55-54-22-11-13-26-59(54)64-60(52)55)51-39-40-58-56(41-51)53-21-10-12-25-57(53)63(58)47-19-8-3-9-20-47/h1-41H. The minimum Gasteiger partial charge on any atom is -0.455 e. The number of hydrogen-bond donors (Lipinski definition) is 0. The van der Waals surface area contributed by atoms with E-state index < -0.39 is 0 Å². The van der Waals surface area contributed by atoms with Crippen LogP contribution in [0.4, 0.5) is 34.1 Å². The van der Waals surface area contributed by atoms with Gasteiger partial charge in [0, 0.05) is 66.9 Å². The molecule has 0 saturated heterocycles. The minimum absolute atomic E-state index is 0.900. The number of para-hydroxylation sites is 6. The lowest BCUT2D eigenvalue weighted by Gasteiger charge is -2.26. The molecule has 0 radical (unpaired) electrons. The molecule has 0 atom stereocenters. The molecule has 0 fully saturated rings. The molecule has 2 heterocycles. The van der Waals surface area contributed by atoms with Gasteiger partial charge in [-0.15, -0.1) is 0 Å². The van der Waals surface area contributed by atoms with E-state index >= 15 is 0 Å². The maximum absolute atomic E-state index is 6.46. The molecule has 2 aromatic heterocycles. The quantitative estimate of drug-likeness (QED) is 0.145. The Morgan fingerprint density at radius 3 is 1.38 bits per heavy atom. The monoisotopic (exact) mass is 819 g/mol. The zero-order chi connectivity index (χ0) is 42.4. The second-order valence-corrected chi connectivity index (χ2v) is 16.2. The van der Waals surface area contributed by atoms with Crippen LogP contribution < -0.4 is 9.80 Å². The molecule has 4 nitrogen and oxygen atoms in total. The van der Waals surface area contributed by atoms with Crippen LogP contribution in [0.1, 0.15) is 0 Å². The fourth-order valence-electron chi connectivity index (χ4n) is 9.37. The maximum atomic E-state index is 6.46. The highest BCUT2D eigenvalue weighted by Crippen LogP contribution is 2.43. The Morgan fingerprint density at radius 2 is 0.750 bits per heavy atom. The van der Waals surface area contributed by atoms with Gasteiger partial charge in [-0.05, 0) is 120 Å². The molecule has 0 bridgehead atoms. The Labute approximate surface area is 371 Å². The first kappa shape index (κ1) is 37.2. The van der Waals surface area contributed by atoms with Crippen molar-refractivity contribution in [2.45, 2.75) is 0 Å². The molecule has 0 aliphatic carbocycles. The Bertz CT molecular complexity index is 3540. The molecule has 64 heavy (non-hydrogen) atoms. The van der Waals surface area contributed by atoms with Crippen molar-refractivity contribution in [1.29, 1.82) is 0 Å². The lowest BCUT2D eigenvalue weighted by molar-refractivity contribution is 0.670. The Kier molecular flexibility index (Phi) is 9.12. The van der Waals surface area contributed by atoms with Gasteiger partial charge >= 0.3 is 0 Å².